The third kappa shape index (κ3) is 2.49. The van der Waals surface area contributed by atoms with E-state index in [9.17, 15) is 5.11 Å². The lowest BCUT2D eigenvalue weighted by Gasteiger charge is -2.17. The van der Waals surface area contributed by atoms with Crippen LogP contribution in [0.4, 0.5) is 0 Å². The maximum Gasteiger partial charge on any atom is 0.122 e. The van der Waals surface area contributed by atoms with Crippen LogP contribution >= 0.6 is 11.3 Å². The summed E-state index contributed by atoms with van der Waals surface area (Å²) in [4.78, 5) is 4.24. The van der Waals surface area contributed by atoms with E-state index in [1.54, 1.807) is 0 Å². The molecule has 0 aliphatic heterocycles. The SMILES string of the molecule is CCC(CN)C(O)c1nc(C)cs1. The topological polar surface area (TPSA) is 59.1 Å². The second-order valence-corrected chi connectivity index (χ2v) is 4.07. The van der Waals surface area contributed by atoms with Gasteiger partial charge in [0.2, 0.25) is 0 Å². The van der Waals surface area contributed by atoms with Crippen LogP contribution in [-0.4, -0.2) is 16.6 Å². The molecular formula is C9H16N2OS. The van der Waals surface area contributed by atoms with Crippen molar-refractivity contribution in [1.29, 1.82) is 0 Å². The van der Waals surface area contributed by atoms with Crippen LogP contribution in [0.15, 0.2) is 5.38 Å². The number of aliphatic hydroxyl groups is 1. The fourth-order valence-electron chi connectivity index (χ4n) is 1.23. The van der Waals surface area contributed by atoms with Gasteiger partial charge in [-0.3, -0.25) is 0 Å². The number of aryl methyl sites for hydroxylation is 1. The van der Waals surface area contributed by atoms with E-state index < -0.39 is 6.10 Å². The number of nitrogens with two attached hydrogens (primary N) is 1. The zero-order chi connectivity index (χ0) is 9.84. The Labute approximate surface area is 82.6 Å². The van der Waals surface area contributed by atoms with Crippen LogP contribution in [0, 0.1) is 12.8 Å². The van der Waals surface area contributed by atoms with Crippen molar-refractivity contribution >= 4 is 11.3 Å². The van der Waals surface area contributed by atoms with Gasteiger partial charge in [0.25, 0.3) is 0 Å². The zero-order valence-electron chi connectivity index (χ0n) is 8.03. The number of aliphatic hydroxyl groups excluding tert-OH is 1. The van der Waals surface area contributed by atoms with Crippen molar-refractivity contribution in [2.45, 2.75) is 26.4 Å². The first-order valence-electron chi connectivity index (χ1n) is 4.49. The Kier molecular flexibility index (Phi) is 3.84. The molecule has 0 aromatic carbocycles. The monoisotopic (exact) mass is 200 g/mol. The highest BCUT2D eigenvalue weighted by Crippen LogP contribution is 2.26. The van der Waals surface area contributed by atoms with Gasteiger partial charge in [-0.15, -0.1) is 11.3 Å². The molecule has 1 aromatic heterocycles. The van der Waals surface area contributed by atoms with Gasteiger partial charge in [0.1, 0.15) is 11.1 Å². The van der Waals surface area contributed by atoms with Crippen molar-refractivity contribution in [3.63, 3.8) is 0 Å². The van der Waals surface area contributed by atoms with Gasteiger partial charge < -0.3 is 10.8 Å². The third-order valence-electron chi connectivity index (χ3n) is 2.16. The summed E-state index contributed by atoms with van der Waals surface area (Å²) in [7, 11) is 0. The predicted octanol–water partition coefficient (Wildman–Crippen LogP) is 1.47. The molecule has 74 valence electrons. The number of hydrogen-bond donors (Lipinski definition) is 2. The average molecular weight is 200 g/mol. The summed E-state index contributed by atoms with van der Waals surface area (Å²) in [6.07, 6.45) is 0.393. The van der Waals surface area contributed by atoms with E-state index in [1.165, 1.54) is 11.3 Å². The Morgan fingerprint density at radius 2 is 2.38 bits per heavy atom. The summed E-state index contributed by atoms with van der Waals surface area (Å²) in [5, 5.41) is 12.6. The molecule has 1 aromatic rings. The average Bonchev–Trinajstić information content (AvgIpc) is 2.54. The van der Waals surface area contributed by atoms with E-state index in [0.717, 1.165) is 17.1 Å². The van der Waals surface area contributed by atoms with Gasteiger partial charge in [0.05, 0.1) is 0 Å². The first kappa shape index (κ1) is 10.6. The number of hydrogen-bond acceptors (Lipinski definition) is 4. The van der Waals surface area contributed by atoms with Crippen LogP contribution in [-0.2, 0) is 0 Å². The summed E-state index contributed by atoms with van der Waals surface area (Å²) in [5.41, 5.74) is 6.51. The molecule has 0 aliphatic rings. The Bertz CT molecular complexity index is 258. The van der Waals surface area contributed by atoms with E-state index in [0.29, 0.717) is 6.54 Å². The summed E-state index contributed by atoms with van der Waals surface area (Å²) < 4.78 is 0. The van der Waals surface area contributed by atoms with Gasteiger partial charge in [-0.1, -0.05) is 6.92 Å². The van der Waals surface area contributed by atoms with Crippen LogP contribution in [0.3, 0.4) is 0 Å². The Balaban J connectivity index is 2.71. The molecule has 0 spiro atoms. The van der Waals surface area contributed by atoms with E-state index in [1.807, 2.05) is 19.2 Å². The molecule has 0 aliphatic carbocycles. The maximum atomic E-state index is 9.86. The summed E-state index contributed by atoms with van der Waals surface area (Å²) in [5.74, 6) is 0.130. The molecule has 13 heavy (non-hydrogen) atoms. The van der Waals surface area contributed by atoms with Crippen LogP contribution in [0.5, 0.6) is 0 Å². The van der Waals surface area contributed by atoms with Crippen LogP contribution in [0.1, 0.15) is 30.2 Å². The standard InChI is InChI=1S/C9H16N2OS/c1-3-7(4-10)8(12)9-11-6(2)5-13-9/h5,7-8,12H,3-4,10H2,1-2H3. The van der Waals surface area contributed by atoms with Crippen molar-refractivity contribution < 1.29 is 5.11 Å². The highest BCUT2D eigenvalue weighted by atomic mass is 32.1. The van der Waals surface area contributed by atoms with Crippen LogP contribution in [0.25, 0.3) is 0 Å². The van der Waals surface area contributed by atoms with Gasteiger partial charge >= 0.3 is 0 Å². The van der Waals surface area contributed by atoms with Gasteiger partial charge in [0.15, 0.2) is 0 Å². The maximum absolute atomic E-state index is 9.86. The number of rotatable bonds is 4. The number of nitrogens with zero attached hydrogens (tertiary/aromatic N) is 1. The Morgan fingerprint density at radius 1 is 1.69 bits per heavy atom. The van der Waals surface area contributed by atoms with E-state index in [2.05, 4.69) is 4.98 Å². The Morgan fingerprint density at radius 3 is 2.77 bits per heavy atom. The van der Waals surface area contributed by atoms with Crippen molar-refractivity contribution in [3.8, 4) is 0 Å². The lowest BCUT2D eigenvalue weighted by atomic mass is 10.0. The lowest BCUT2D eigenvalue weighted by Crippen LogP contribution is -2.21. The molecule has 2 unspecified atom stereocenters. The normalized spacial score (nSPS) is 15.7. The molecule has 4 heteroatoms. The predicted molar refractivity (Wildman–Crippen MR) is 54.6 cm³/mol. The fraction of sp³-hybridized carbons (Fsp3) is 0.667. The van der Waals surface area contributed by atoms with Crippen molar-refractivity contribution in [3.05, 3.63) is 16.1 Å². The minimum Gasteiger partial charge on any atom is -0.386 e. The van der Waals surface area contributed by atoms with Crippen molar-refractivity contribution in [2.24, 2.45) is 11.7 Å². The number of aromatic nitrogens is 1. The molecule has 0 fully saturated rings. The first-order chi connectivity index (χ1) is 6.19. The Hall–Kier alpha value is -0.450. The second kappa shape index (κ2) is 4.69. The molecule has 0 bridgehead atoms. The molecule has 2 atom stereocenters. The van der Waals surface area contributed by atoms with Crippen LogP contribution < -0.4 is 5.73 Å². The highest BCUT2D eigenvalue weighted by molar-refractivity contribution is 7.09. The van der Waals surface area contributed by atoms with Gasteiger partial charge in [-0.2, -0.15) is 0 Å². The highest BCUT2D eigenvalue weighted by Gasteiger charge is 2.20. The fourth-order valence-corrected chi connectivity index (χ4v) is 2.10. The van der Waals surface area contributed by atoms with Crippen molar-refractivity contribution in [1.82, 2.24) is 4.98 Å². The van der Waals surface area contributed by atoms with Crippen LogP contribution in [0.2, 0.25) is 0 Å². The van der Waals surface area contributed by atoms with E-state index in [4.69, 9.17) is 5.73 Å². The molecule has 3 nitrogen and oxygen atoms in total. The molecule has 0 saturated heterocycles. The smallest absolute Gasteiger partial charge is 0.122 e. The molecule has 0 amide bonds. The minimum atomic E-state index is -0.492. The zero-order valence-corrected chi connectivity index (χ0v) is 8.84. The van der Waals surface area contributed by atoms with Gasteiger partial charge in [0, 0.05) is 17.0 Å². The lowest BCUT2D eigenvalue weighted by molar-refractivity contribution is 0.109. The van der Waals surface area contributed by atoms with Gasteiger partial charge in [-0.05, 0) is 19.9 Å². The molecule has 1 heterocycles. The molecule has 1 rings (SSSR count). The first-order valence-corrected chi connectivity index (χ1v) is 5.37. The quantitative estimate of drug-likeness (QED) is 0.773. The molecule has 0 saturated carbocycles. The van der Waals surface area contributed by atoms with E-state index in [-0.39, 0.29) is 5.92 Å². The summed E-state index contributed by atoms with van der Waals surface area (Å²) >= 11 is 1.50. The third-order valence-corrected chi connectivity index (χ3v) is 3.20. The van der Waals surface area contributed by atoms with Gasteiger partial charge in [-0.25, -0.2) is 4.98 Å². The number of thiazole rings is 1. The molecule has 3 N–H and O–H groups in total. The largest absolute Gasteiger partial charge is 0.386 e. The molecule has 0 radical (unpaired) electrons. The molecular weight excluding hydrogens is 184 g/mol. The minimum absolute atomic E-state index is 0.130. The van der Waals surface area contributed by atoms with E-state index >= 15 is 0 Å². The second-order valence-electron chi connectivity index (χ2n) is 3.18. The summed E-state index contributed by atoms with van der Waals surface area (Å²) in [6, 6.07) is 0. The van der Waals surface area contributed by atoms with Crippen molar-refractivity contribution in [2.75, 3.05) is 6.54 Å². The summed E-state index contributed by atoms with van der Waals surface area (Å²) in [6.45, 7) is 4.47.